The lowest BCUT2D eigenvalue weighted by molar-refractivity contribution is 0.0601. The number of fused-ring (bicyclic) bond motifs is 1. The van der Waals surface area contributed by atoms with E-state index in [0.717, 1.165) is 54.0 Å². The molecular weight excluding hydrogens is 368 g/mol. The molecule has 0 saturated carbocycles. The van der Waals surface area contributed by atoms with Crippen LogP contribution in [0.4, 0.5) is 5.00 Å². The molecule has 0 unspecified atom stereocenters. The normalized spacial score (nSPS) is 13.2. The van der Waals surface area contributed by atoms with Gasteiger partial charge in [0.1, 0.15) is 5.00 Å². The lowest BCUT2D eigenvalue weighted by atomic mass is 9.95. The quantitative estimate of drug-likeness (QED) is 0.600. The minimum atomic E-state index is -0.297. The van der Waals surface area contributed by atoms with Crippen molar-refractivity contribution in [2.75, 3.05) is 12.4 Å². The molecule has 0 bridgehead atoms. The highest BCUT2D eigenvalue weighted by molar-refractivity contribution is 7.80. The summed E-state index contributed by atoms with van der Waals surface area (Å²) in [6.07, 6.45) is 6.07. The summed E-state index contributed by atoms with van der Waals surface area (Å²) in [4.78, 5) is 13.5. The van der Waals surface area contributed by atoms with Crippen LogP contribution in [0, 0.1) is 6.92 Å². The first-order valence-corrected chi connectivity index (χ1v) is 10.1. The molecule has 2 heterocycles. The number of ether oxygens (including phenoxy) is 1. The SMILES string of the molecule is CCn1ncc(CNC(=S)Nc2sc3c(c2C(=O)OC)CCCC3)c1C. The number of anilines is 1. The molecule has 6 nitrogen and oxygen atoms in total. The van der Waals surface area contributed by atoms with Gasteiger partial charge in [0.15, 0.2) is 5.11 Å². The van der Waals surface area contributed by atoms with E-state index in [4.69, 9.17) is 17.0 Å². The Balaban J connectivity index is 1.71. The number of carbonyl (C=O) groups is 1. The highest BCUT2D eigenvalue weighted by atomic mass is 32.1. The van der Waals surface area contributed by atoms with Crippen molar-refractivity contribution in [3.63, 3.8) is 0 Å². The van der Waals surface area contributed by atoms with Gasteiger partial charge in [-0.25, -0.2) is 4.79 Å². The number of thiocarbonyl (C=S) groups is 1. The number of hydrogen-bond acceptors (Lipinski definition) is 5. The molecule has 0 fully saturated rings. The largest absolute Gasteiger partial charge is 0.465 e. The van der Waals surface area contributed by atoms with E-state index in [1.807, 2.05) is 17.8 Å². The molecule has 0 radical (unpaired) electrons. The van der Waals surface area contributed by atoms with Gasteiger partial charge in [0.25, 0.3) is 0 Å². The fourth-order valence-corrected chi connectivity index (χ4v) is 4.79. The van der Waals surface area contributed by atoms with Crippen molar-refractivity contribution in [1.29, 1.82) is 0 Å². The van der Waals surface area contributed by atoms with E-state index >= 15 is 0 Å². The fraction of sp³-hybridized carbons (Fsp3) is 0.500. The van der Waals surface area contributed by atoms with Gasteiger partial charge in [0, 0.05) is 29.2 Å². The maximum Gasteiger partial charge on any atom is 0.341 e. The molecule has 1 aliphatic carbocycles. The van der Waals surface area contributed by atoms with Gasteiger partial charge in [-0.15, -0.1) is 11.3 Å². The first kappa shape index (κ1) is 18.8. The van der Waals surface area contributed by atoms with Gasteiger partial charge in [-0.3, -0.25) is 4.68 Å². The van der Waals surface area contributed by atoms with Crippen molar-refractivity contribution >= 4 is 39.6 Å². The van der Waals surface area contributed by atoms with Gasteiger partial charge in [0.05, 0.1) is 18.9 Å². The van der Waals surface area contributed by atoms with Gasteiger partial charge in [0.2, 0.25) is 0 Å². The van der Waals surface area contributed by atoms with Crippen LogP contribution in [-0.4, -0.2) is 28.0 Å². The fourth-order valence-electron chi connectivity index (χ4n) is 3.27. The first-order valence-electron chi connectivity index (χ1n) is 8.84. The van der Waals surface area contributed by atoms with Crippen LogP contribution in [0.1, 0.15) is 51.8 Å². The average molecular weight is 393 g/mol. The highest BCUT2D eigenvalue weighted by Crippen LogP contribution is 2.38. The van der Waals surface area contributed by atoms with Crippen LogP contribution in [-0.2, 0) is 30.7 Å². The molecule has 0 atom stereocenters. The van der Waals surface area contributed by atoms with Crippen LogP contribution in [0.5, 0.6) is 0 Å². The monoisotopic (exact) mass is 392 g/mol. The van der Waals surface area contributed by atoms with Crippen molar-refractivity contribution in [2.45, 2.75) is 52.6 Å². The predicted octanol–water partition coefficient (Wildman–Crippen LogP) is 3.42. The summed E-state index contributed by atoms with van der Waals surface area (Å²) in [5, 5.41) is 12.0. The molecule has 8 heteroatoms. The second kappa shape index (κ2) is 8.18. The maximum atomic E-state index is 12.3. The smallest absolute Gasteiger partial charge is 0.341 e. The van der Waals surface area contributed by atoms with E-state index in [-0.39, 0.29) is 5.97 Å². The Hall–Kier alpha value is -1.93. The third-order valence-corrected chi connectivity index (χ3v) is 6.19. The summed E-state index contributed by atoms with van der Waals surface area (Å²) in [7, 11) is 1.42. The van der Waals surface area contributed by atoms with Gasteiger partial charge in [-0.2, -0.15) is 5.10 Å². The number of nitrogens with one attached hydrogen (secondary N) is 2. The number of methoxy groups -OCH3 is 1. The molecule has 0 aliphatic heterocycles. The zero-order chi connectivity index (χ0) is 18.7. The lowest BCUT2D eigenvalue weighted by Gasteiger charge is -2.12. The first-order chi connectivity index (χ1) is 12.5. The van der Waals surface area contributed by atoms with E-state index in [0.29, 0.717) is 17.2 Å². The topological polar surface area (TPSA) is 68.2 Å². The number of thiophene rings is 1. The predicted molar refractivity (Wildman–Crippen MR) is 108 cm³/mol. The molecule has 0 amide bonds. The number of esters is 1. The second-order valence-electron chi connectivity index (χ2n) is 6.29. The molecule has 0 spiro atoms. The minimum absolute atomic E-state index is 0.297. The third-order valence-electron chi connectivity index (χ3n) is 4.73. The van der Waals surface area contributed by atoms with Gasteiger partial charge in [-0.05, 0) is 57.3 Å². The van der Waals surface area contributed by atoms with Crippen LogP contribution < -0.4 is 10.6 Å². The highest BCUT2D eigenvalue weighted by Gasteiger charge is 2.26. The molecule has 2 aromatic heterocycles. The van der Waals surface area contributed by atoms with Crippen molar-refractivity contribution in [3.8, 4) is 0 Å². The Morgan fingerprint density at radius 1 is 1.42 bits per heavy atom. The molecule has 1 aliphatic rings. The Labute approximate surface area is 162 Å². The van der Waals surface area contributed by atoms with Crippen molar-refractivity contribution < 1.29 is 9.53 Å². The number of aryl methyl sites for hydroxylation is 2. The number of carbonyl (C=O) groups excluding carboxylic acids is 1. The average Bonchev–Trinajstić information content (AvgIpc) is 3.19. The molecule has 0 saturated heterocycles. The summed E-state index contributed by atoms with van der Waals surface area (Å²) in [5.41, 5.74) is 4.00. The van der Waals surface area contributed by atoms with E-state index in [1.165, 1.54) is 12.0 Å². The van der Waals surface area contributed by atoms with Gasteiger partial charge >= 0.3 is 5.97 Å². The van der Waals surface area contributed by atoms with Crippen molar-refractivity contribution in [2.24, 2.45) is 0 Å². The summed E-state index contributed by atoms with van der Waals surface area (Å²) < 4.78 is 6.95. The van der Waals surface area contributed by atoms with Crippen LogP contribution in [0.2, 0.25) is 0 Å². The number of hydrogen-bond donors (Lipinski definition) is 2. The number of aromatic nitrogens is 2. The van der Waals surface area contributed by atoms with E-state index in [9.17, 15) is 4.79 Å². The van der Waals surface area contributed by atoms with Crippen LogP contribution in [0.25, 0.3) is 0 Å². The Kier molecular flexibility index (Phi) is 5.93. The minimum Gasteiger partial charge on any atom is -0.465 e. The van der Waals surface area contributed by atoms with Gasteiger partial charge < -0.3 is 15.4 Å². The Bertz CT molecular complexity index is 826. The summed E-state index contributed by atoms with van der Waals surface area (Å²) in [5.74, 6) is -0.297. The van der Waals surface area contributed by atoms with Crippen molar-refractivity contribution in [1.82, 2.24) is 15.1 Å². The molecule has 26 heavy (non-hydrogen) atoms. The summed E-state index contributed by atoms with van der Waals surface area (Å²) >= 11 is 7.05. The third kappa shape index (κ3) is 3.76. The standard InChI is InChI=1S/C18H24N4O2S2/c1-4-22-11(2)12(10-20-22)9-19-18(25)21-16-15(17(23)24-3)13-7-5-6-8-14(13)26-16/h10H,4-9H2,1-3H3,(H2,19,21,25). The molecule has 3 rings (SSSR count). The molecule has 0 aromatic carbocycles. The van der Waals surface area contributed by atoms with Gasteiger partial charge in [-0.1, -0.05) is 0 Å². The van der Waals surface area contributed by atoms with E-state index in [1.54, 1.807) is 11.3 Å². The van der Waals surface area contributed by atoms with E-state index < -0.39 is 0 Å². The van der Waals surface area contributed by atoms with Crippen molar-refractivity contribution in [3.05, 3.63) is 33.5 Å². The van der Waals surface area contributed by atoms with Crippen LogP contribution in [0.15, 0.2) is 6.20 Å². The molecular formula is C18H24N4O2S2. The Morgan fingerprint density at radius 2 is 2.19 bits per heavy atom. The maximum absolute atomic E-state index is 12.3. The molecule has 2 aromatic rings. The molecule has 140 valence electrons. The molecule has 2 N–H and O–H groups in total. The zero-order valence-electron chi connectivity index (χ0n) is 15.3. The summed E-state index contributed by atoms with van der Waals surface area (Å²) in [6.45, 7) is 5.55. The Morgan fingerprint density at radius 3 is 2.88 bits per heavy atom. The van der Waals surface area contributed by atoms with E-state index in [2.05, 4.69) is 22.7 Å². The summed E-state index contributed by atoms with van der Waals surface area (Å²) in [6, 6.07) is 0. The second-order valence-corrected chi connectivity index (χ2v) is 7.80. The van der Waals surface area contributed by atoms with Crippen LogP contribution >= 0.6 is 23.6 Å². The number of nitrogens with zero attached hydrogens (tertiary/aromatic N) is 2. The lowest BCUT2D eigenvalue weighted by Crippen LogP contribution is -2.28. The van der Waals surface area contributed by atoms with Crippen LogP contribution in [0.3, 0.4) is 0 Å². The zero-order valence-corrected chi connectivity index (χ0v) is 17.0. The number of rotatable bonds is 5.